The first-order valence-electron chi connectivity index (χ1n) is 8.42. The number of anilines is 1. The molecule has 1 amide bonds. The zero-order valence-corrected chi connectivity index (χ0v) is 14.4. The maximum absolute atomic E-state index is 12.7. The summed E-state index contributed by atoms with van der Waals surface area (Å²) in [4.78, 5) is 12.7. The molecule has 4 heteroatoms. The number of thioether (sulfide) groups is 2. The molecule has 0 aromatic heterocycles. The Bertz CT molecular complexity index is 525. The van der Waals surface area contributed by atoms with E-state index in [-0.39, 0.29) is 11.8 Å². The van der Waals surface area contributed by atoms with E-state index in [1.807, 2.05) is 30.3 Å². The number of rotatable bonds is 2. The third kappa shape index (κ3) is 2.58. The molecule has 1 aliphatic heterocycles. The van der Waals surface area contributed by atoms with E-state index in [0.717, 1.165) is 30.4 Å². The number of amides is 1. The molecule has 1 aromatic carbocycles. The van der Waals surface area contributed by atoms with Crippen LogP contribution in [0, 0.1) is 17.8 Å². The maximum Gasteiger partial charge on any atom is 0.227 e. The molecule has 2 aliphatic carbocycles. The lowest BCUT2D eigenvalue weighted by Crippen LogP contribution is -2.48. The highest BCUT2D eigenvalue weighted by molar-refractivity contribution is 8.21. The molecule has 1 heterocycles. The molecule has 3 fully saturated rings. The lowest BCUT2D eigenvalue weighted by atomic mass is 9.67. The fourth-order valence-corrected chi connectivity index (χ4v) is 8.53. The molecular weight excluding hydrogens is 310 g/mol. The van der Waals surface area contributed by atoms with Crippen molar-refractivity contribution in [3.05, 3.63) is 30.3 Å². The quantitative estimate of drug-likeness (QED) is 0.855. The molecule has 1 spiro atoms. The van der Waals surface area contributed by atoms with Gasteiger partial charge in [-0.1, -0.05) is 24.6 Å². The fourth-order valence-electron chi connectivity index (χ4n) is 4.59. The van der Waals surface area contributed by atoms with Crippen LogP contribution in [0.5, 0.6) is 0 Å². The molecule has 2 nitrogen and oxygen atoms in total. The lowest BCUT2D eigenvalue weighted by molar-refractivity contribution is -0.122. The summed E-state index contributed by atoms with van der Waals surface area (Å²) in [5.74, 6) is 4.54. The van der Waals surface area contributed by atoms with E-state index in [1.54, 1.807) is 0 Å². The zero-order valence-electron chi connectivity index (χ0n) is 12.8. The van der Waals surface area contributed by atoms with Crippen LogP contribution in [0.2, 0.25) is 0 Å². The summed E-state index contributed by atoms with van der Waals surface area (Å²) >= 11 is 4.41. The molecule has 118 valence electrons. The first-order chi connectivity index (χ1) is 10.8. The average Bonchev–Trinajstić information content (AvgIpc) is 2.97. The summed E-state index contributed by atoms with van der Waals surface area (Å²) < 4.78 is 0.460. The van der Waals surface area contributed by atoms with Gasteiger partial charge in [0, 0.05) is 23.1 Å². The highest BCUT2D eigenvalue weighted by Crippen LogP contribution is 2.64. The van der Waals surface area contributed by atoms with Crippen molar-refractivity contribution in [3.63, 3.8) is 0 Å². The van der Waals surface area contributed by atoms with Gasteiger partial charge in [0.2, 0.25) is 5.91 Å². The van der Waals surface area contributed by atoms with Crippen LogP contribution >= 0.6 is 23.5 Å². The van der Waals surface area contributed by atoms with Gasteiger partial charge in [-0.3, -0.25) is 4.79 Å². The number of hydrogen-bond donors (Lipinski definition) is 1. The van der Waals surface area contributed by atoms with Crippen LogP contribution < -0.4 is 5.32 Å². The molecule has 1 saturated heterocycles. The van der Waals surface area contributed by atoms with Gasteiger partial charge in [0.1, 0.15) is 0 Å². The van der Waals surface area contributed by atoms with Gasteiger partial charge in [-0.15, -0.1) is 23.5 Å². The van der Waals surface area contributed by atoms with Crippen LogP contribution in [0.15, 0.2) is 30.3 Å². The molecule has 4 rings (SSSR count). The minimum atomic E-state index is 0.211. The number of para-hydroxylation sites is 1. The minimum absolute atomic E-state index is 0.211. The Labute approximate surface area is 141 Å². The number of carbonyl (C=O) groups excluding carboxylic acids is 1. The van der Waals surface area contributed by atoms with Gasteiger partial charge in [0.25, 0.3) is 0 Å². The highest BCUT2D eigenvalue weighted by atomic mass is 32.2. The molecule has 2 saturated carbocycles. The SMILES string of the molecule is O=C(Nc1ccccc1)C1CC2CCCC(C1)C21SCCS1. The summed E-state index contributed by atoms with van der Waals surface area (Å²) in [5.41, 5.74) is 0.933. The van der Waals surface area contributed by atoms with Crippen molar-refractivity contribution in [2.45, 2.75) is 36.2 Å². The van der Waals surface area contributed by atoms with E-state index >= 15 is 0 Å². The predicted molar refractivity (Wildman–Crippen MR) is 96.3 cm³/mol. The van der Waals surface area contributed by atoms with E-state index < -0.39 is 0 Å². The normalized spacial score (nSPS) is 32.8. The van der Waals surface area contributed by atoms with Crippen molar-refractivity contribution in [3.8, 4) is 0 Å². The fraction of sp³-hybridized carbons (Fsp3) is 0.611. The topological polar surface area (TPSA) is 29.1 Å². The smallest absolute Gasteiger partial charge is 0.227 e. The molecule has 2 atom stereocenters. The van der Waals surface area contributed by atoms with Gasteiger partial charge in [0.05, 0.1) is 4.08 Å². The lowest BCUT2D eigenvalue weighted by Gasteiger charge is -2.52. The zero-order chi connectivity index (χ0) is 15.0. The highest BCUT2D eigenvalue weighted by Gasteiger charge is 2.55. The molecular formula is C18H23NOS2. The van der Waals surface area contributed by atoms with Gasteiger partial charge in [-0.2, -0.15) is 0 Å². The number of hydrogen-bond acceptors (Lipinski definition) is 3. The molecule has 3 aliphatic rings. The second-order valence-electron chi connectivity index (χ2n) is 6.77. The van der Waals surface area contributed by atoms with Gasteiger partial charge >= 0.3 is 0 Å². The van der Waals surface area contributed by atoms with Gasteiger partial charge in [-0.05, 0) is 49.7 Å². The van der Waals surface area contributed by atoms with Crippen molar-refractivity contribution in [2.24, 2.45) is 17.8 Å². The van der Waals surface area contributed by atoms with Crippen LogP contribution in [0.3, 0.4) is 0 Å². The summed E-state index contributed by atoms with van der Waals surface area (Å²) in [7, 11) is 0. The number of benzene rings is 1. The van der Waals surface area contributed by atoms with Gasteiger partial charge < -0.3 is 5.32 Å². The second kappa shape index (κ2) is 6.12. The predicted octanol–water partition coefficient (Wildman–Crippen LogP) is 4.63. The van der Waals surface area contributed by atoms with E-state index in [2.05, 4.69) is 28.8 Å². The van der Waals surface area contributed by atoms with Crippen LogP contribution in [-0.2, 0) is 4.79 Å². The van der Waals surface area contributed by atoms with E-state index in [0.29, 0.717) is 4.08 Å². The Morgan fingerprint density at radius 3 is 2.32 bits per heavy atom. The Balaban J connectivity index is 1.48. The third-order valence-electron chi connectivity index (χ3n) is 5.53. The van der Waals surface area contributed by atoms with Crippen molar-refractivity contribution in [2.75, 3.05) is 16.8 Å². The number of nitrogens with one attached hydrogen (secondary N) is 1. The molecule has 22 heavy (non-hydrogen) atoms. The molecule has 1 aromatic rings. The van der Waals surface area contributed by atoms with Crippen molar-refractivity contribution in [1.29, 1.82) is 0 Å². The second-order valence-corrected chi connectivity index (χ2v) is 9.77. The Hall–Kier alpha value is -0.610. The van der Waals surface area contributed by atoms with Crippen molar-refractivity contribution >= 4 is 35.1 Å². The molecule has 0 radical (unpaired) electrons. The van der Waals surface area contributed by atoms with E-state index in [9.17, 15) is 4.79 Å². The summed E-state index contributed by atoms with van der Waals surface area (Å²) in [6.07, 6.45) is 6.20. The van der Waals surface area contributed by atoms with Crippen molar-refractivity contribution in [1.82, 2.24) is 0 Å². The van der Waals surface area contributed by atoms with Crippen LogP contribution in [-0.4, -0.2) is 21.5 Å². The van der Waals surface area contributed by atoms with E-state index in [1.165, 1.54) is 30.8 Å². The largest absolute Gasteiger partial charge is 0.326 e. The molecule has 2 bridgehead atoms. The molecule has 2 unspecified atom stereocenters. The summed E-state index contributed by atoms with van der Waals surface area (Å²) in [6, 6.07) is 9.90. The van der Waals surface area contributed by atoms with Crippen LogP contribution in [0.1, 0.15) is 32.1 Å². The molecule has 1 N–H and O–H groups in total. The van der Waals surface area contributed by atoms with Crippen LogP contribution in [0.25, 0.3) is 0 Å². The summed E-state index contributed by atoms with van der Waals surface area (Å²) in [5, 5.41) is 3.13. The third-order valence-corrected chi connectivity index (χ3v) is 9.55. The van der Waals surface area contributed by atoms with E-state index in [4.69, 9.17) is 0 Å². The van der Waals surface area contributed by atoms with Crippen LogP contribution in [0.4, 0.5) is 5.69 Å². The average molecular weight is 334 g/mol. The first kappa shape index (κ1) is 14.9. The van der Waals surface area contributed by atoms with Crippen molar-refractivity contribution < 1.29 is 4.79 Å². The Morgan fingerprint density at radius 2 is 1.68 bits per heavy atom. The summed E-state index contributed by atoms with van der Waals surface area (Å²) in [6.45, 7) is 0. The van der Waals surface area contributed by atoms with Gasteiger partial charge in [-0.25, -0.2) is 0 Å². The maximum atomic E-state index is 12.7. The minimum Gasteiger partial charge on any atom is -0.326 e. The Kier molecular flexibility index (Phi) is 4.16. The first-order valence-corrected chi connectivity index (χ1v) is 10.4. The standard InChI is InChI=1S/C18H23NOS2/c20-17(19-16-7-2-1-3-8-16)13-11-14-5-4-6-15(12-13)18(14)21-9-10-22-18/h1-3,7-8,13-15H,4-6,9-12H2,(H,19,20). The monoisotopic (exact) mass is 333 g/mol. The number of carbonyl (C=O) groups is 1. The Morgan fingerprint density at radius 1 is 1.05 bits per heavy atom. The van der Waals surface area contributed by atoms with Gasteiger partial charge in [0.15, 0.2) is 0 Å².